The molecule has 2 aromatic carbocycles. The predicted octanol–water partition coefficient (Wildman–Crippen LogP) is 2.46. The average molecular weight is 312 g/mol. The molecule has 118 valence electrons. The van der Waals surface area contributed by atoms with Crippen molar-refractivity contribution >= 4 is 17.7 Å². The van der Waals surface area contributed by atoms with Gasteiger partial charge in [-0.1, -0.05) is 42.5 Å². The largest absolute Gasteiger partial charge is 0.394 e. The molecule has 6 nitrogen and oxygen atoms in total. The van der Waals surface area contributed by atoms with Crippen LogP contribution in [0.3, 0.4) is 0 Å². The van der Waals surface area contributed by atoms with Crippen molar-refractivity contribution in [3.8, 4) is 0 Å². The molecule has 0 aliphatic carbocycles. The summed E-state index contributed by atoms with van der Waals surface area (Å²) in [6, 6.07) is 14.7. The number of aliphatic hydroxyl groups excluding tert-OH is 1. The number of aliphatic hydroxyl groups is 1. The Hall–Kier alpha value is -2.99. The Balaban J connectivity index is 2.09. The Bertz CT molecular complexity index is 714. The van der Waals surface area contributed by atoms with Crippen molar-refractivity contribution in [2.75, 3.05) is 6.61 Å². The lowest BCUT2D eigenvalue weighted by Gasteiger charge is -2.15. The van der Waals surface area contributed by atoms with Crippen LogP contribution in [0, 0.1) is 10.1 Å². The molecule has 2 aromatic rings. The third kappa shape index (κ3) is 4.49. The summed E-state index contributed by atoms with van der Waals surface area (Å²) in [4.78, 5) is 22.4. The van der Waals surface area contributed by atoms with E-state index in [9.17, 15) is 20.0 Å². The van der Waals surface area contributed by atoms with E-state index in [0.717, 1.165) is 5.56 Å². The number of nitro benzene ring substituents is 1. The van der Waals surface area contributed by atoms with Crippen LogP contribution < -0.4 is 5.32 Å². The number of nitrogens with one attached hydrogen (secondary N) is 1. The molecule has 2 N–H and O–H groups in total. The summed E-state index contributed by atoms with van der Waals surface area (Å²) in [5.74, 6) is -0.439. The molecule has 0 saturated heterocycles. The summed E-state index contributed by atoms with van der Waals surface area (Å²) in [6.07, 6.45) is 2.60. The first-order valence-corrected chi connectivity index (χ1v) is 6.99. The number of hydrogen-bond acceptors (Lipinski definition) is 4. The number of amides is 1. The number of hydrogen-bond donors (Lipinski definition) is 2. The van der Waals surface area contributed by atoms with Gasteiger partial charge in [-0.05, 0) is 17.7 Å². The highest BCUT2D eigenvalue weighted by atomic mass is 16.6. The van der Waals surface area contributed by atoms with Gasteiger partial charge >= 0.3 is 0 Å². The zero-order chi connectivity index (χ0) is 16.7. The summed E-state index contributed by atoms with van der Waals surface area (Å²) < 4.78 is 0. The van der Waals surface area contributed by atoms with Gasteiger partial charge in [0.15, 0.2) is 0 Å². The summed E-state index contributed by atoms with van der Waals surface area (Å²) in [6.45, 7) is -0.241. The number of carbonyl (C=O) groups is 1. The molecule has 1 unspecified atom stereocenters. The van der Waals surface area contributed by atoms with Crippen LogP contribution >= 0.6 is 0 Å². The summed E-state index contributed by atoms with van der Waals surface area (Å²) >= 11 is 0. The van der Waals surface area contributed by atoms with Crippen LogP contribution in [0.5, 0.6) is 0 Å². The molecule has 23 heavy (non-hydrogen) atoms. The van der Waals surface area contributed by atoms with Gasteiger partial charge in [0.2, 0.25) is 5.91 Å². The van der Waals surface area contributed by atoms with Crippen molar-refractivity contribution in [2.45, 2.75) is 6.04 Å². The second-order valence-electron chi connectivity index (χ2n) is 4.80. The number of nitro groups is 1. The van der Waals surface area contributed by atoms with Gasteiger partial charge in [-0.2, -0.15) is 0 Å². The van der Waals surface area contributed by atoms with Crippen molar-refractivity contribution in [3.05, 3.63) is 81.9 Å². The van der Waals surface area contributed by atoms with Crippen LogP contribution in [-0.2, 0) is 4.79 Å². The maximum atomic E-state index is 12.0. The van der Waals surface area contributed by atoms with E-state index in [1.807, 2.05) is 18.2 Å². The first kappa shape index (κ1) is 16.4. The van der Waals surface area contributed by atoms with Crippen molar-refractivity contribution < 1.29 is 14.8 Å². The van der Waals surface area contributed by atoms with Crippen molar-refractivity contribution in [3.63, 3.8) is 0 Å². The first-order chi connectivity index (χ1) is 11.1. The van der Waals surface area contributed by atoms with Crippen molar-refractivity contribution in [1.29, 1.82) is 0 Å². The molecule has 0 saturated carbocycles. The lowest BCUT2D eigenvalue weighted by molar-refractivity contribution is -0.385. The molecule has 0 fully saturated rings. The molecule has 0 aliphatic heterocycles. The quantitative estimate of drug-likeness (QED) is 0.487. The van der Waals surface area contributed by atoms with Crippen LogP contribution in [0.15, 0.2) is 60.7 Å². The van der Waals surface area contributed by atoms with Gasteiger partial charge in [-0.25, -0.2) is 0 Å². The number of carbonyl (C=O) groups excluding carboxylic acids is 1. The molecule has 1 amide bonds. The molecular weight excluding hydrogens is 296 g/mol. The molecule has 0 aliphatic rings. The molecule has 2 rings (SSSR count). The minimum atomic E-state index is -0.529. The standard InChI is InChI=1S/C17H16N2O4/c20-12-15(13-6-2-1-3-7-13)18-17(21)11-10-14-8-4-5-9-16(14)19(22)23/h1-11,15,20H,12H2,(H,18,21)/b11-10+. The third-order valence-corrected chi connectivity index (χ3v) is 3.25. The van der Waals surface area contributed by atoms with Crippen molar-refractivity contribution in [2.24, 2.45) is 0 Å². The smallest absolute Gasteiger partial charge is 0.276 e. The summed E-state index contributed by atoms with van der Waals surface area (Å²) in [5.41, 5.74) is 1.05. The number of nitrogens with zero attached hydrogens (tertiary/aromatic N) is 1. The van der Waals surface area contributed by atoms with Crippen LogP contribution in [-0.4, -0.2) is 22.5 Å². The maximum absolute atomic E-state index is 12.0. The second-order valence-corrected chi connectivity index (χ2v) is 4.80. The van der Waals surface area contributed by atoms with Gasteiger partial charge in [0.05, 0.1) is 23.1 Å². The Kier molecular flexibility index (Phi) is 5.60. The summed E-state index contributed by atoms with van der Waals surface area (Å²) in [5, 5.41) is 23.0. The highest BCUT2D eigenvalue weighted by Crippen LogP contribution is 2.19. The normalized spacial score (nSPS) is 12.0. The van der Waals surface area contributed by atoms with Gasteiger partial charge in [0.1, 0.15) is 0 Å². The zero-order valence-corrected chi connectivity index (χ0v) is 12.3. The molecule has 0 radical (unpaired) electrons. The first-order valence-electron chi connectivity index (χ1n) is 6.99. The Morgan fingerprint density at radius 1 is 1.17 bits per heavy atom. The summed E-state index contributed by atoms with van der Waals surface area (Å²) in [7, 11) is 0. The van der Waals surface area contributed by atoms with E-state index >= 15 is 0 Å². The average Bonchev–Trinajstić information content (AvgIpc) is 2.58. The Morgan fingerprint density at radius 2 is 1.83 bits per heavy atom. The fourth-order valence-electron chi connectivity index (χ4n) is 2.10. The van der Waals surface area contributed by atoms with E-state index in [0.29, 0.717) is 5.56 Å². The van der Waals surface area contributed by atoms with E-state index in [2.05, 4.69) is 5.32 Å². The lowest BCUT2D eigenvalue weighted by atomic mass is 10.1. The number of para-hydroxylation sites is 1. The van der Waals surface area contributed by atoms with Gasteiger partial charge in [0, 0.05) is 12.1 Å². The van der Waals surface area contributed by atoms with E-state index < -0.39 is 16.9 Å². The zero-order valence-electron chi connectivity index (χ0n) is 12.3. The predicted molar refractivity (Wildman–Crippen MR) is 86.5 cm³/mol. The van der Waals surface area contributed by atoms with Gasteiger partial charge in [-0.15, -0.1) is 0 Å². The number of benzene rings is 2. The van der Waals surface area contributed by atoms with Crippen LogP contribution in [0.2, 0.25) is 0 Å². The fourth-order valence-corrected chi connectivity index (χ4v) is 2.10. The SMILES string of the molecule is O=C(/C=C/c1ccccc1[N+](=O)[O-])NC(CO)c1ccccc1. The molecule has 0 spiro atoms. The van der Waals surface area contributed by atoms with Gasteiger partial charge in [0.25, 0.3) is 5.69 Å². The Labute approximate surface area is 133 Å². The molecular formula is C17H16N2O4. The lowest BCUT2D eigenvalue weighted by Crippen LogP contribution is -2.29. The monoisotopic (exact) mass is 312 g/mol. The third-order valence-electron chi connectivity index (χ3n) is 3.25. The van der Waals surface area contributed by atoms with Crippen LogP contribution in [0.1, 0.15) is 17.2 Å². The minimum Gasteiger partial charge on any atom is -0.394 e. The van der Waals surface area contributed by atoms with E-state index in [4.69, 9.17) is 0 Å². The fraction of sp³-hybridized carbons (Fsp3) is 0.118. The van der Waals surface area contributed by atoms with E-state index in [-0.39, 0.29) is 12.3 Å². The topological polar surface area (TPSA) is 92.5 Å². The molecule has 0 bridgehead atoms. The van der Waals surface area contributed by atoms with Crippen LogP contribution in [0.4, 0.5) is 5.69 Å². The maximum Gasteiger partial charge on any atom is 0.276 e. The second kappa shape index (κ2) is 7.86. The number of rotatable bonds is 6. The highest BCUT2D eigenvalue weighted by molar-refractivity contribution is 5.92. The van der Waals surface area contributed by atoms with Gasteiger partial charge < -0.3 is 10.4 Å². The van der Waals surface area contributed by atoms with Gasteiger partial charge in [-0.3, -0.25) is 14.9 Å². The molecule has 1 atom stereocenters. The van der Waals surface area contributed by atoms with E-state index in [1.54, 1.807) is 30.3 Å². The molecule has 0 heterocycles. The molecule has 0 aromatic heterocycles. The highest BCUT2D eigenvalue weighted by Gasteiger charge is 2.13. The van der Waals surface area contributed by atoms with E-state index in [1.165, 1.54) is 18.2 Å². The minimum absolute atomic E-state index is 0.0710. The Morgan fingerprint density at radius 3 is 2.48 bits per heavy atom. The van der Waals surface area contributed by atoms with Crippen LogP contribution in [0.25, 0.3) is 6.08 Å². The van der Waals surface area contributed by atoms with Crippen molar-refractivity contribution in [1.82, 2.24) is 5.32 Å². The molecule has 6 heteroatoms.